The van der Waals surface area contributed by atoms with Crippen LogP contribution in [0, 0.1) is 10.1 Å². The van der Waals surface area contributed by atoms with E-state index in [2.05, 4.69) is 15.3 Å². The number of anilines is 1. The van der Waals surface area contributed by atoms with Crippen molar-refractivity contribution in [1.82, 2.24) is 9.97 Å². The highest BCUT2D eigenvalue weighted by Crippen LogP contribution is 2.38. The highest BCUT2D eigenvalue weighted by atomic mass is 16.6. The van der Waals surface area contributed by atoms with Gasteiger partial charge in [0.15, 0.2) is 0 Å². The second-order valence-electron chi connectivity index (χ2n) is 4.70. The van der Waals surface area contributed by atoms with Gasteiger partial charge in [-0.2, -0.15) is 4.98 Å². The number of fused-ring (bicyclic) bond motifs is 2. The molecule has 2 aliphatic heterocycles. The highest BCUT2D eigenvalue weighted by molar-refractivity contribution is 5.61. The van der Waals surface area contributed by atoms with Gasteiger partial charge in [0.2, 0.25) is 5.82 Å². The van der Waals surface area contributed by atoms with Crippen molar-refractivity contribution < 1.29 is 14.4 Å². The fourth-order valence-corrected chi connectivity index (χ4v) is 2.75. The van der Waals surface area contributed by atoms with Crippen LogP contribution in [0.3, 0.4) is 0 Å². The van der Waals surface area contributed by atoms with Crippen LogP contribution < -0.4 is 10.1 Å². The number of methoxy groups -OCH3 is 1. The van der Waals surface area contributed by atoms with E-state index in [4.69, 9.17) is 9.47 Å². The van der Waals surface area contributed by atoms with Crippen molar-refractivity contribution in [2.45, 2.75) is 37.5 Å². The number of nitro groups is 1. The Hall–Kier alpha value is -1.96. The lowest BCUT2D eigenvalue weighted by molar-refractivity contribution is -0.385. The Morgan fingerprint density at radius 1 is 1.53 bits per heavy atom. The van der Waals surface area contributed by atoms with Crippen molar-refractivity contribution in [3.63, 3.8) is 0 Å². The lowest BCUT2D eigenvalue weighted by Crippen LogP contribution is -2.31. The maximum absolute atomic E-state index is 11.1. The van der Waals surface area contributed by atoms with Crippen molar-refractivity contribution in [3.05, 3.63) is 16.4 Å². The van der Waals surface area contributed by atoms with Crippen LogP contribution in [0.1, 0.15) is 19.3 Å². The summed E-state index contributed by atoms with van der Waals surface area (Å²) in [6.07, 6.45) is 4.54. The predicted molar refractivity (Wildman–Crippen MR) is 65.2 cm³/mol. The molecule has 0 saturated carbocycles. The molecule has 19 heavy (non-hydrogen) atoms. The van der Waals surface area contributed by atoms with E-state index >= 15 is 0 Å². The highest BCUT2D eigenvalue weighted by Gasteiger charge is 2.42. The average Bonchev–Trinajstić information content (AvgIpc) is 3.00. The van der Waals surface area contributed by atoms with Crippen molar-refractivity contribution >= 4 is 11.5 Å². The van der Waals surface area contributed by atoms with Gasteiger partial charge in [-0.15, -0.1) is 0 Å². The minimum atomic E-state index is -0.533. The van der Waals surface area contributed by atoms with Gasteiger partial charge >= 0.3 is 5.69 Å². The molecule has 2 saturated heterocycles. The quantitative estimate of drug-likeness (QED) is 0.644. The maximum Gasteiger partial charge on any atom is 0.372 e. The van der Waals surface area contributed by atoms with Crippen LogP contribution in [0.5, 0.6) is 5.88 Å². The largest absolute Gasteiger partial charge is 0.476 e. The Bertz CT molecular complexity index is 509. The molecule has 3 unspecified atom stereocenters. The van der Waals surface area contributed by atoms with E-state index in [9.17, 15) is 10.1 Å². The molecule has 2 fully saturated rings. The Labute approximate surface area is 109 Å². The molecule has 0 spiro atoms. The van der Waals surface area contributed by atoms with Crippen molar-refractivity contribution in [1.29, 1.82) is 0 Å². The lowest BCUT2D eigenvalue weighted by atomic mass is 9.95. The molecule has 0 amide bonds. The fraction of sp³-hybridized carbons (Fsp3) is 0.636. The molecule has 2 bridgehead atoms. The van der Waals surface area contributed by atoms with Crippen LogP contribution in [0.4, 0.5) is 11.5 Å². The van der Waals surface area contributed by atoms with Crippen molar-refractivity contribution in [3.8, 4) is 5.88 Å². The maximum atomic E-state index is 11.1. The van der Waals surface area contributed by atoms with Crippen LogP contribution in [0.25, 0.3) is 0 Å². The van der Waals surface area contributed by atoms with Crippen LogP contribution >= 0.6 is 0 Å². The first kappa shape index (κ1) is 12.1. The molecule has 0 radical (unpaired) electrons. The van der Waals surface area contributed by atoms with Gasteiger partial charge in [-0.25, -0.2) is 4.98 Å². The van der Waals surface area contributed by atoms with E-state index in [-0.39, 0.29) is 35.6 Å². The summed E-state index contributed by atoms with van der Waals surface area (Å²) in [5, 5.41) is 14.2. The van der Waals surface area contributed by atoms with Gasteiger partial charge in [0.05, 0.1) is 30.3 Å². The number of rotatable bonds is 4. The molecule has 1 N–H and O–H groups in total. The average molecular weight is 266 g/mol. The smallest absolute Gasteiger partial charge is 0.372 e. The zero-order chi connectivity index (χ0) is 13.4. The third-order valence-corrected chi connectivity index (χ3v) is 3.59. The molecule has 102 valence electrons. The first-order valence-electron chi connectivity index (χ1n) is 6.14. The van der Waals surface area contributed by atoms with Gasteiger partial charge in [-0.1, -0.05) is 0 Å². The number of hydrogen-bond acceptors (Lipinski definition) is 7. The normalized spacial score (nSPS) is 28.4. The molecule has 1 aromatic heterocycles. The molecule has 3 heterocycles. The molecule has 8 heteroatoms. The van der Waals surface area contributed by atoms with Gasteiger partial charge in [0, 0.05) is 0 Å². The second kappa shape index (κ2) is 4.61. The first-order chi connectivity index (χ1) is 9.19. The summed E-state index contributed by atoms with van der Waals surface area (Å²) in [5.74, 6) is 0.157. The van der Waals surface area contributed by atoms with Crippen LogP contribution in [-0.4, -0.2) is 40.3 Å². The molecular formula is C11H14N4O4. The zero-order valence-corrected chi connectivity index (χ0v) is 10.4. The Morgan fingerprint density at radius 2 is 2.37 bits per heavy atom. The molecule has 1 aromatic rings. The molecule has 8 nitrogen and oxygen atoms in total. The molecule has 0 aliphatic carbocycles. The van der Waals surface area contributed by atoms with Crippen LogP contribution in [0.2, 0.25) is 0 Å². The minimum absolute atomic E-state index is 0.0356. The summed E-state index contributed by atoms with van der Waals surface area (Å²) in [5.41, 5.74) is -0.229. The van der Waals surface area contributed by atoms with E-state index in [1.54, 1.807) is 0 Å². The summed E-state index contributed by atoms with van der Waals surface area (Å²) in [4.78, 5) is 18.3. The number of nitrogens with one attached hydrogen (secondary N) is 1. The molecule has 2 aliphatic rings. The lowest BCUT2D eigenvalue weighted by Gasteiger charge is -2.20. The summed E-state index contributed by atoms with van der Waals surface area (Å²) in [7, 11) is 1.35. The van der Waals surface area contributed by atoms with Crippen LogP contribution in [-0.2, 0) is 4.74 Å². The Balaban J connectivity index is 1.86. The second-order valence-corrected chi connectivity index (χ2v) is 4.70. The first-order valence-corrected chi connectivity index (χ1v) is 6.14. The van der Waals surface area contributed by atoms with E-state index in [1.165, 1.54) is 13.4 Å². The summed E-state index contributed by atoms with van der Waals surface area (Å²) < 4.78 is 10.6. The van der Waals surface area contributed by atoms with Gasteiger partial charge < -0.3 is 14.8 Å². The van der Waals surface area contributed by atoms with Crippen LogP contribution in [0.15, 0.2) is 6.33 Å². The van der Waals surface area contributed by atoms with Crippen molar-refractivity contribution in [2.24, 2.45) is 0 Å². The SMILES string of the molecule is COc1ncnc(NC2CC3CCC2O3)c1[N+](=O)[O-]. The number of ether oxygens (including phenoxy) is 2. The van der Waals surface area contributed by atoms with E-state index in [0.717, 1.165) is 19.3 Å². The fourth-order valence-electron chi connectivity index (χ4n) is 2.75. The zero-order valence-electron chi connectivity index (χ0n) is 10.4. The topological polar surface area (TPSA) is 99.4 Å². The van der Waals surface area contributed by atoms with E-state index in [1.807, 2.05) is 0 Å². The summed E-state index contributed by atoms with van der Waals surface area (Å²) in [6.45, 7) is 0. The molecule has 0 aromatic carbocycles. The summed E-state index contributed by atoms with van der Waals surface area (Å²) >= 11 is 0. The minimum Gasteiger partial charge on any atom is -0.476 e. The third-order valence-electron chi connectivity index (χ3n) is 3.59. The predicted octanol–water partition coefficient (Wildman–Crippen LogP) is 1.13. The van der Waals surface area contributed by atoms with Gasteiger partial charge in [0.25, 0.3) is 5.88 Å². The number of aromatic nitrogens is 2. The standard InChI is InChI=1S/C11H14N4O4/c1-18-11-9(15(16)17)10(12-5-13-11)14-7-4-6-2-3-8(7)19-6/h5-8H,2-4H2,1H3,(H,12,13,14). The Morgan fingerprint density at radius 3 is 2.95 bits per heavy atom. The molecular weight excluding hydrogens is 252 g/mol. The molecule has 3 atom stereocenters. The van der Waals surface area contributed by atoms with E-state index < -0.39 is 4.92 Å². The number of nitrogens with zero attached hydrogens (tertiary/aromatic N) is 3. The van der Waals surface area contributed by atoms with Gasteiger partial charge in [0.1, 0.15) is 6.33 Å². The monoisotopic (exact) mass is 266 g/mol. The molecule has 3 rings (SSSR count). The Kier molecular flexibility index (Phi) is 2.94. The third kappa shape index (κ3) is 2.07. The van der Waals surface area contributed by atoms with E-state index in [0.29, 0.717) is 0 Å². The van der Waals surface area contributed by atoms with Gasteiger partial charge in [-0.3, -0.25) is 10.1 Å². The van der Waals surface area contributed by atoms with Crippen molar-refractivity contribution in [2.75, 3.05) is 12.4 Å². The number of hydrogen-bond donors (Lipinski definition) is 1. The summed E-state index contributed by atoms with van der Waals surface area (Å²) in [6, 6.07) is 0.0667. The van der Waals surface area contributed by atoms with Gasteiger partial charge in [-0.05, 0) is 19.3 Å².